The van der Waals surface area contributed by atoms with Gasteiger partial charge >= 0.3 is 6.09 Å². The van der Waals surface area contributed by atoms with Crippen molar-refractivity contribution in [1.29, 1.82) is 0 Å². The Morgan fingerprint density at radius 2 is 1.68 bits per heavy atom. The van der Waals surface area contributed by atoms with Gasteiger partial charge in [-0.25, -0.2) is 4.79 Å². The van der Waals surface area contributed by atoms with E-state index in [-0.39, 0.29) is 24.6 Å². The first-order valence-electron chi connectivity index (χ1n) is 13.9. The van der Waals surface area contributed by atoms with Gasteiger partial charge in [0.1, 0.15) is 23.4 Å². The lowest BCUT2D eigenvalue weighted by Crippen LogP contribution is -2.54. The van der Waals surface area contributed by atoms with Crippen LogP contribution in [-0.4, -0.2) is 52.6 Å². The van der Waals surface area contributed by atoms with Crippen molar-refractivity contribution in [2.24, 2.45) is 0 Å². The molecule has 0 aliphatic heterocycles. The van der Waals surface area contributed by atoms with Gasteiger partial charge in [0.2, 0.25) is 11.8 Å². The number of unbranched alkanes of at least 4 members (excludes halogenated alkanes) is 2. The normalized spacial score (nSPS) is 12.5. The monoisotopic (exact) mass is 549 g/mol. The molecule has 0 aromatic heterocycles. The largest absolute Gasteiger partial charge is 0.508 e. The predicted octanol–water partition coefficient (Wildman–Crippen LogP) is 5.10. The van der Waals surface area contributed by atoms with E-state index in [1.54, 1.807) is 57.2 Å². The number of hydrogen-bond donors (Lipinski definition) is 3. The third-order valence-electron chi connectivity index (χ3n) is 6.20. The third-order valence-corrected chi connectivity index (χ3v) is 6.20. The van der Waals surface area contributed by atoms with Gasteiger partial charge in [0, 0.05) is 25.1 Å². The molecule has 0 spiro atoms. The lowest BCUT2D eigenvalue weighted by atomic mass is 9.96. The maximum Gasteiger partial charge on any atom is 0.408 e. The van der Waals surface area contributed by atoms with Gasteiger partial charge in [-0.1, -0.05) is 62.9 Å². The molecule has 0 fully saturated rings. The minimum absolute atomic E-state index is 0.0889. The van der Waals surface area contributed by atoms with Crippen LogP contribution in [0, 0.1) is 12.3 Å². The van der Waals surface area contributed by atoms with Crippen molar-refractivity contribution in [2.45, 2.75) is 84.4 Å². The van der Waals surface area contributed by atoms with Crippen molar-refractivity contribution >= 4 is 17.9 Å². The summed E-state index contributed by atoms with van der Waals surface area (Å²) in [5.41, 5.74) is 1.01. The second-order valence-electron chi connectivity index (χ2n) is 10.7. The number of hydrogen-bond acceptors (Lipinski definition) is 5. The number of aromatic hydroxyl groups is 1. The average Bonchev–Trinajstić information content (AvgIpc) is 2.90. The van der Waals surface area contributed by atoms with Crippen LogP contribution in [0.25, 0.3) is 0 Å². The summed E-state index contributed by atoms with van der Waals surface area (Å²) in [5, 5.41) is 15.4. The number of amides is 3. The summed E-state index contributed by atoms with van der Waals surface area (Å²) in [5.74, 6) is 1.97. The van der Waals surface area contributed by atoms with Crippen LogP contribution >= 0.6 is 0 Å². The zero-order chi connectivity index (χ0) is 29.7. The molecular formula is C32H43N3O5. The second kappa shape index (κ2) is 15.6. The average molecular weight is 550 g/mol. The molecule has 3 amide bonds. The Hall–Kier alpha value is -3.99. The molecule has 8 heteroatoms. The summed E-state index contributed by atoms with van der Waals surface area (Å²) >= 11 is 0. The molecule has 2 aromatic rings. The lowest BCUT2D eigenvalue weighted by molar-refractivity contribution is -0.142. The van der Waals surface area contributed by atoms with Gasteiger partial charge in [-0.15, -0.1) is 6.42 Å². The quantitative estimate of drug-likeness (QED) is 0.238. The summed E-state index contributed by atoms with van der Waals surface area (Å²) in [6, 6.07) is 11.5. The first-order valence-corrected chi connectivity index (χ1v) is 13.9. The van der Waals surface area contributed by atoms with Crippen LogP contribution in [-0.2, 0) is 20.7 Å². The Morgan fingerprint density at radius 1 is 1.02 bits per heavy atom. The van der Waals surface area contributed by atoms with Crippen molar-refractivity contribution in [3.05, 3.63) is 65.2 Å². The first-order chi connectivity index (χ1) is 19.0. The molecule has 216 valence electrons. The lowest BCUT2D eigenvalue weighted by Gasteiger charge is -2.35. The number of carbonyl (C=O) groups excluding carboxylic acids is 3. The fourth-order valence-corrected chi connectivity index (χ4v) is 4.22. The molecule has 0 saturated heterocycles. The summed E-state index contributed by atoms with van der Waals surface area (Å²) in [4.78, 5) is 42.4. The van der Waals surface area contributed by atoms with Crippen LogP contribution in [0.15, 0.2) is 48.5 Å². The van der Waals surface area contributed by atoms with E-state index in [1.807, 2.05) is 13.8 Å². The fraction of sp³-hybridized carbons (Fsp3) is 0.469. The molecule has 8 nitrogen and oxygen atoms in total. The van der Waals surface area contributed by atoms with Crippen LogP contribution in [0.3, 0.4) is 0 Å². The molecule has 0 heterocycles. The SMILES string of the molecule is C#Cc1ccccc1C(C(=O)NCCCC)N(CCCC)C(=O)C(Cc1ccc(O)cc1)NC(=O)OC(C)(C)C. The molecule has 3 N–H and O–H groups in total. The van der Waals surface area contributed by atoms with E-state index >= 15 is 0 Å². The highest BCUT2D eigenvalue weighted by Crippen LogP contribution is 2.27. The number of phenols is 1. The van der Waals surface area contributed by atoms with Gasteiger partial charge in [0.05, 0.1) is 0 Å². The number of ether oxygens (including phenoxy) is 1. The molecule has 2 rings (SSSR count). The summed E-state index contributed by atoms with van der Waals surface area (Å²) < 4.78 is 5.46. The standard InChI is InChI=1S/C32H43N3O5/c1-7-10-20-33-29(37)28(26-15-13-12-14-24(26)9-3)35(21-11-8-2)30(38)27(34-31(39)40-32(4,5)6)22-23-16-18-25(36)19-17-23/h3,12-19,27-28,36H,7-8,10-11,20-22H2,1-2,4-6H3,(H,33,37)(H,34,39). The summed E-state index contributed by atoms with van der Waals surface area (Å²) in [7, 11) is 0. The number of terminal acetylenes is 1. The minimum atomic E-state index is -1.04. The van der Waals surface area contributed by atoms with Crippen LogP contribution in [0.2, 0.25) is 0 Å². The van der Waals surface area contributed by atoms with Crippen LogP contribution in [0.4, 0.5) is 4.79 Å². The van der Waals surface area contributed by atoms with Crippen LogP contribution in [0.5, 0.6) is 5.75 Å². The summed E-state index contributed by atoms with van der Waals surface area (Å²) in [6.45, 7) is 10.0. The van der Waals surface area contributed by atoms with Gasteiger partial charge in [0.15, 0.2) is 0 Å². The van der Waals surface area contributed by atoms with Crippen molar-refractivity contribution in [1.82, 2.24) is 15.5 Å². The zero-order valence-corrected chi connectivity index (χ0v) is 24.3. The van der Waals surface area contributed by atoms with Crippen molar-refractivity contribution in [3.8, 4) is 18.1 Å². The zero-order valence-electron chi connectivity index (χ0n) is 24.3. The molecule has 2 aromatic carbocycles. The summed E-state index contributed by atoms with van der Waals surface area (Å²) in [6.07, 6.45) is 8.31. The van der Waals surface area contributed by atoms with Crippen LogP contribution < -0.4 is 10.6 Å². The van der Waals surface area contributed by atoms with Gasteiger partial charge in [-0.2, -0.15) is 0 Å². The number of carbonyl (C=O) groups is 3. The van der Waals surface area contributed by atoms with Crippen molar-refractivity contribution < 1.29 is 24.2 Å². The van der Waals surface area contributed by atoms with Crippen LogP contribution in [0.1, 0.15) is 83.0 Å². The Labute approximate surface area is 238 Å². The van der Waals surface area contributed by atoms with Gasteiger partial charge in [0.25, 0.3) is 0 Å². The molecule has 2 unspecified atom stereocenters. The Bertz CT molecular complexity index is 1160. The van der Waals surface area contributed by atoms with Crippen molar-refractivity contribution in [2.75, 3.05) is 13.1 Å². The molecule has 0 aliphatic carbocycles. The number of benzene rings is 2. The van der Waals surface area contributed by atoms with E-state index < -0.39 is 29.7 Å². The number of nitrogens with zero attached hydrogens (tertiary/aromatic N) is 1. The highest BCUT2D eigenvalue weighted by molar-refractivity contribution is 5.92. The Kier molecular flexibility index (Phi) is 12.5. The molecule has 40 heavy (non-hydrogen) atoms. The molecular weight excluding hydrogens is 506 g/mol. The second-order valence-corrected chi connectivity index (χ2v) is 10.7. The number of phenolic OH excluding ortho intramolecular Hbond substituents is 1. The third kappa shape index (κ3) is 9.96. The molecule has 0 radical (unpaired) electrons. The minimum Gasteiger partial charge on any atom is -0.508 e. The highest BCUT2D eigenvalue weighted by Gasteiger charge is 2.37. The molecule has 2 atom stereocenters. The van der Waals surface area contributed by atoms with E-state index in [1.165, 1.54) is 17.0 Å². The van der Waals surface area contributed by atoms with Gasteiger partial charge in [-0.05, 0) is 62.9 Å². The van der Waals surface area contributed by atoms with Gasteiger partial charge in [-0.3, -0.25) is 9.59 Å². The molecule has 0 bridgehead atoms. The number of alkyl carbamates (subject to hydrolysis) is 1. The van der Waals surface area contributed by atoms with E-state index in [4.69, 9.17) is 11.2 Å². The van der Waals surface area contributed by atoms with Gasteiger partial charge < -0.3 is 25.4 Å². The molecule has 0 aliphatic rings. The number of nitrogens with one attached hydrogen (secondary N) is 2. The van der Waals surface area contributed by atoms with E-state index in [2.05, 4.69) is 16.6 Å². The Morgan fingerprint density at radius 3 is 2.27 bits per heavy atom. The first kappa shape index (κ1) is 32.2. The number of rotatable bonds is 13. The smallest absolute Gasteiger partial charge is 0.408 e. The van der Waals surface area contributed by atoms with Crippen molar-refractivity contribution in [3.63, 3.8) is 0 Å². The highest BCUT2D eigenvalue weighted by atomic mass is 16.6. The van der Waals surface area contributed by atoms with E-state index in [0.717, 1.165) is 24.8 Å². The maximum atomic E-state index is 14.3. The molecule has 0 saturated carbocycles. The van der Waals surface area contributed by atoms with E-state index in [0.29, 0.717) is 24.1 Å². The van der Waals surface area contributed by atoms with E-state index in [9.17, 15) is 19.5 Å². The fourth-order valence-electron chi connectivity index (χ4n) is 4.22. The predicted molar refractivity (Wildman–Crippen MR) is 157 cm³/mol. The Balaban J connectivity index is 2.58. The topological polar surface area (TPSA) is 108 Å². The maximum absolute atomic E-state index is 14.3.